The molecule has 0 saturated carbocycles. The van der Waals surface area contributed by atoms with Crippen LogP contribution in [-0.4, -0.2) is 53.0 Å². The monoisotopic (exact) mass is 447 g/mol. The van der Waals surface area contributed by atoms with Crippen LogP contribution in [0.2, 0.25) is 0 Å². The maximum atomic E-state index is 6.00. The number of benzene rings is 1. The van der Waals surface area contributed by atoms with E-state index in [1.54, 1.807) is 19.8 Å². The molecule has 0 heterocycles. The molecule has 2 unspecified atom stereocenters. The van der Waals surface area contributed by atoms with Crippen molar-refractivity contribution in [1.82, 2.24) is 4.90 Å². The molecule has 1 aromatic rings. The van der Waals surface area contributed by atoms with Crippen LogP contribution in [0.4, 0.5) is 0 Å². The molecule has 1 aromatic carbocycles. The summed E-state index contributed by atoms with van der Waals surface area (Å²) in [4.78, 5) is 2.27. The van der Waals surface area contributed by atoms with Crippen LogP contribution in [0.5, 0.6) is 11.5 Å². The maximum Gasteiger partial charge on any atom is 0.130 e. The highest BCUT2D eigenvalue weighted by molar-refractivity contribution is 5.80. The van der Waals surface area contributed by atoms with Crippen LogP contribution < -0.4 is 9.47 Å². The molecular weight excluding hydrogens is 410 g/mol. The van der Waals surface area contributed by atoms with Gasteiger partial charge in [0.15, 0.2) is 0 Å². The first-order valence-electron chi connectivity index (χ1n) is 11.9. The Hall–Kier alpha value is -2.56. The van der Waals surface area contributed by atoms with E-state index in [4.69, 9.17) is 14.2 Å². The lowest BCUT2D eigenvalue weighted by molar-refractivity contribution is 0.0645. The first-order chi connectivity index (χ1) is 16.0. The first-order valence-corrected chi connectivity index (χ1v) is 11.9. The summed E-state index contributed by atoms with van der Waals surface area (Å²) >= 11 is 0. The van der Waals surface area contributed by atoms with Crippen LogP contribution in [-0.2, 0) is 4.74 Å². The first kappa shape index (κ1) is 23.6. The van der Waals surface area contributed by atoms with Crippen molar-refractivity contribution in [1.29, 1.82) is 0 Å². The second-order valence-corrected chi connectivity index (χ2v) is 9.43. The Balaban J connectivity index is 1.49. The molecule has 0 spiro atoms. The second-order valence-electron chi connectivity index (χ2n) is 9.43. The predicted octanol–water partition coefficient (Wildman–Crippen LogP) is 5.98. The van der Waals surface area contributed by atoms with Crippen molar-refractivity contribution >= 4 is 5.57 Å². The second kappa shape index (κ2) is 10.6. The van der Waals surface area contributed by atoms with E-state index in [1.165, 1.54) is 41.6 Å². The third-order valence-electron chi connectivity index (χ3n) is 7.17. The van der Waals surface area contributed by atoms with Crippen molar-refractivity contribution in [2.75, 3.05) is 42.0 Å². The van der Waals surface area contributed by atoms with E-state index in [2.05, 4.69) is 55.4 Å². The summed E-state index contributed by atoms with van der Waals surface area (Å²) in [5.41, 5.74) is 8.12. The zero-order valence-corrected chi connectivity index (χ0v) is 20.7. The summed E-state index contributed by atoms with van der Waals surface area (Å²) in [6.07, 6.45) is 17.3. The van der Waals surface area contributed by atoms with E-state index in [1.807, 2.05) is 19.2 Å². The quantitative estimate of drug-likeness (QED) is 0.515. The molecule has 33 heavy (non-hydrogen) atoms. The fourth-order valence-corrected chi connectivity index (χ4v) is 5.27. The summed E-state index contributed by atoms with van der Waals surface area (Å²) in [5, 5.41) is 0. The van der Waals surface area contributed by atoms with Gasteiger partial charge in [0.25, 0.3) is 0 Å². The smallest absolute Gasteiger partial charge is 0.130 e. The molecule has 4 rings (SSSR count). The molecule has 3 aliphatic rings. The SMILES string of the molecule is COc1ccc(C2=CCC(=C3C=CC4=C(CCC(CCN(C)C)C4OC)C3)C=C2)c(OC)c1. The third-order valence-corrected chi connectivity index (χ3v) is 7.17. The van der Waals surface area contributed by atoms with Crippen molar-refractivity contribution in [2.45, 2.75) is 38.2 Å². The van der Waals surface area contributed by atoms with Gasteiger partial charge >= 0.3 is 0 Å². The van der Waals surface area contributed by atoms with Gasteiger partial charge in [-0.1, -0.05) is 36.0 Å². The van der Waals surface area contributed by atoms with Gasteiger partial charge in [-0.3, -0.25) is 0 Å². The van der Waals surface area contributed by atoms with E-state index in [9.17, 15) is 0 Å². The molecule has 0 N–H and O–H groups in total. The molecule has 4 heteroatoms. The van der Waals surface area contributed by atoms with Gasteiger partial charge in [-0.05, 0) is 93.1 Å². The number of allylic oxidation sites excluding steroid dienone is 8. The topological polar surface area (TPSA) is 30.9 Å². The molecule has 4 nitrogen and oxygen atoms in total. The Bertz CT molecular complexity index is 1030. The molecule has 0 aliphatic heterocycles. The van der Waals surface area contributed by atoms with Gasteiger partial charge in [0.2, 0.25) is 0 Å². The van der Waals surface area contributed by atoms with Crippen LogP contribution in [0.15, 0.2) is 70.9 Å². The van der Waals surface area contributed by atoms with Gasteiger partial charge in [-0.15, -0.1) is 0 Å². The lowest BCUT2D eigenvalue weighted by atomic mass is 9.75. The molecule has 2 atom stereocenters. The Morgan fingerprint density at radius 1 is 0.970 bits per heavy atom. The number of ether oxygens (including phenoxy) is 3. The van der Waals surface area contributed by atoms with E-state index < -0.39 is 0 Å². The van der Waals surface area contributed by atoms with Gasteiger partial charge in [0, 0.05) is 18.7 Å². The molecular formula is C29H37NO3. The maximum absolute atomic E-state index is 6.00. The van der Waals surface area contributed by atoms with Gasteiger partial charge in [0.1, 0.15) is 11.5 Å². The summed E-state index contributed by atoms with van der Waals surface area (Å²) in [6, 6.07) is 6.00. The zero-order valence-electron chi connectivity index (χ0n) is 20.7. The molecule has 3 aliphatic carbocycles. The van der Waals surface area contributed by atoms with E-state index in [-0.39, 0.29) is 6.10 Å². The van der Waals surface area contributed by atoms with Crippen molar-refractivity contribution in [3.63, 3.8) is 0 Å². The fourth-order valence-electron chi connectivity index (χ4n) is 5.27. The van der Waals surface area contributed by atoms with Gasteiger partial charge in [-0.25, -0.2) is 0 Å². The Kier molecular flexibility index (Phi) is 7.56. The fraction of sp³-hybridized carbons (Fsp3) is 0.448. The highest BCUT2D eigenvalue weighted by Crippen LogP contribution is 2.41. The third kappa shape index (κ3) is 5.18. The van der Waals surface area contributed by atoms with Crippen LogP contribution in [0.1, 0.15) is 37.7 Å². The summed E-state index contributed by atoms with van der Waals surface area (Å²) in [6.45, 7) is 1.12. The summed E-state index contributed by atoms with van der Waals surface area (Å²) in [5.74, 6) is 2.25. The molecule has 176 valence electrons. The minimum atomic E-state index is 0.229. The lowest BCUT2D eigenvalue weighted by Crippen LogP contribution is -2.32. The number of nitrogens with zero attached hydrogens (tertiary/aromatic N) is 1. The van der Waals surface area contributed by atoms with Crippen LogP contribution in [0, 0.1) is 5.92 Å². The number of methoxy groups -OCH3 is 3. The molecule has 0 radical (unpaired) electrons. The van der Waals surface area contributed by atoms with Gasteiger partial charge in [0.05, 0.1) is 20.3 Å². The Labute approximate surface area is 198 Å². The number of hydrogen-bond donors (Lipinski definition) is 0. The average molecular weight is 448 g/mol. The Morgan fingerprint density at radius 3 is 2.45 bits per heavy atom. The Morgan fingerprint density at radius 2 is 1.79 bits per heavy atom. The minimum absolute atomic E-state index is 0.229. The highest BCUT2D eigenvalue weighted by Gasteiger charge is 2.32. The standard InChI is InChI=1S/C29H37NO3/c1-30(2)17-16-22-10-11-24-18-23(12-14-27(24)29(22)33-5)20-6-8-21(9-7-20)26-15-13-25(31-3)19-28(26)32-4/h6,8-9,12-15,19,22,29H,7,10-11,16-18H2,1-5H3. The minimum Gasteiger partial charge on any atom is -0.497 e. The molecule has 0 bridgehead atoms. The molecule has 0 fully saturated rings. The van der Waals surface area contributed by atoms with Crippen molar-refractivity contribution < 1.29 is 14.2 Å². The van der Waals surface area contributed by atoms with Crippen LogP contribution >= 0.6 is 0 Å². The zero-order chi connectivity index (χ0) is 23.4. The van der Waals surface area contributed by atoms with Crippen LogP contribution in [0.3, 0.4) is 0 Å². The average Bonchev–Trinajstić information content (AvgIpc) is 2.86. The molecule has 0 aromatic heterocycles. The highest BCUT2D eigenvalue weighted by atomic mass is 16.5. The molecule has 0 amide bonds. The normalized spacial score (nSPS) is 24.7. The van der Waals surface area contributed by atoms with Crippen molar-refractivity contribution in [3.8, 4) is 11.5 Å². The largest absolute Gasteiger partial charge is 0.497 e. The van der Waals surface area contributed by atoms with Crippen molar-refractivity contribution in [2.24, 2.45) is 5.92 Å². The van der Waals surface area contributed by atoms with E-state index >= 15 is 0 Å². The molecule has 0 saturated heterocycles. The summed E-state index contributed by atoms with van der Waals surface area (Å²) in [7, 11) is 9.55. The number of hydrogen-bond acceptors (Lipinski definition) is 4. The van der Waals surface area contributed by atoms with E-state index in [0.29, 0.717) is 5.92 Å². The van der Waals surface area contributed by atoms with E-state index in [0.717, 1.165) is 36.4 Å². The predicted molar refractivity (Wildman–Crippen MR) is 136 cm³/mol. The summed E-state index contributed by atoms with van der Waals surface area (Å²) < 4.78 is 16.9. The van der Waals surface area contributed by atoms with Gasteiger partial charge in [-0.2, -0.15) is 0 Å². The lowest BCUT2D eigenvalue weighted by Gasteiger charge is -2.36. The van der Waals surface area contributed by atoms with Crippen LogP contribution in [0.25, 0.3) is 5.57 Å². The van der Waals surface area contributed by atoms with Gasteiger partial charge < -0.3 is 19.1 Å². The van der Waals surface area contributed by atoms with Crippen molar-refractivity contribution in [3.05, 3.63) is 76.4 Å². The number of rotatable bonds is 7.